The average molecular weight is 425 g/mol. The molecule has 5 nitrogen and oxygen atoms in total. The lowest BCUT2D eigenvalue weighted by atomic mass is 9.72. The van der Waals surface area contributed by atoms with Crippen LogP contribution in [-0.2, 0) is 11.3 Å². The van der Waals surface area contributed by atoms with Gasteiger partial charge in [-0.05, 0) is 63.4 Å². The molecule has 1 spiro atoms. The second-order valence-electron chi connectivity index (χ2n) is 9.06. The lowest BCUT2D eigenvalue weighted by Gasteiger charge is -2.53. The zero-order valence-corrected chi connectivity index (χ0v) is 17.5. The SMILES string of the molecule is CC(OC(=O)N1CC2(CCN(Cc3cccc(N4CCCC4)c3)CC2)C1)C(F)(F)F. The number of nitrogens with zero attached hydrogens (tertiary/aromatic N) is 3. The van der Waals surface area contributed by atoms with Crippen molar-refractivity contribution in [2.75, 3.05) is 44.2 Å². The van der Waals surface area contributed by atoms with Crippen LogP contribution in [0.4, 0.5) is 23.7 Å². The fraction of sp³-hybridized carbons (Fsp3) is 0.682. The molecule has 1 aromatic carbocycles. The van der Waals surface area contributed by atoms with Crippen molar-refractivity contribution in [3.05, 3.63) is 29.8 Å². The molecule has 3 heterocycles. The quantitative estimate of drug-likeness (QED) is 0.722. The highest BCUT2D eigenvalue weighted by atomic mass is 19.4. The Balaban J connectivity index is 1.23. The first-order valence-corrected chi connectivity index (χ1v) is 10.8. The standard InChI is InChI=1S/C22H30F3N3O2/c1-17(22(23,24)25)30-20(29)28-15-21(16-28)7-11-26(12-8-21)14-18-5-4-6-19(13-18)27-9-2-3-10-27/h4-6,13,17H,2-3,7-12,14-16H2,1H3. The largest absolute Gasteiger partial charge is 0.437 e. The molecule has 1 atom stereocenters. The second-order valence-corrected chi connectivity index (χ2v) is 9.06. The van der Waals surface area contributed by atoms with Gasteiger partial charge in [-0.3, -0.25) is 4.90 Å². The van der Waals surface area contributed by atoms with E-state index in [-0.39, 0.29) is 5.41 Å². The number of halogens is 3. The smallest absolute Gasteiger partial charge is 0.425 e. The van der Waals surface area contributed by atoms with E-state index in [1.54, 1.807) is 0 Å². The third-order valence-electron chi connectivity index (χ3n) is 6.75. The van der Waals surface area contributed by atoms with Crippen molar-refractivity contribution in [2.24, 2.45) is 5.41 Å². The average Bonchev–Trinajstić information content (AvgIpc) is 3.21. The fourth-order valence-corrected chi connectivity index (χ4v) is 4.77. The van der Waals surface area contributed by atoms with Crippen LogP contribution in [0.25, 0.3) is 0 Å². The number of carbonyl (C=O) groups excluding carboxylic acids is 1. The van der Waals surface area contributed by atoms with E-state index in [9.17, 15) is 18.0 Å². The summed E-state index contributed by atoms with van der Waals surface area (Å²) in [4.78, 5) is 18.2. The summed E-state index contributed by atoms with van der Waals surface area (Å²) in [5, 5.41) is 0. The van der Waals surface area contributed by atoms with Gasteiger partial charge in [0.1, 0.15) is 0 Å². The minimum Gasteiger partial charge on any atom is -0.437 e. The van der Waals surface area contributed by atoms with Crippen molar-refractivity contribution in [2.45, 2.75) is 51.4 Å². The van der Waals surface area contributed by atoms with Gasteiger partial charge in [0.05, 0.1) is 0 Å². The molecule has 0 bridgehead atoms. The summed E-state index contributed by atoms with van der Waals surface area (Å²) in [5.74, 6) is 0. The van der Waals surface area contributed by atoms with Crippen molar-refractivity contribution in [3.8, 4) is 0 Å². The lowest BCUT2D eigenvalue weighted by Crippen LogP contribution is -2.62. The molecule has 0 N–H and O–H groups in total. The van der Waals surface area contributed by atoms with Crippen LogP contribution in [0.3, 0.4) is 0 Å². The molecule has 3 aliphatic rings. The zero-order chi connectivity index (χ0) is 21.4. The van der Waals surface area contributed by atoms with Crippen LogP contribution < -0.4 is 4.90 Å². The molecule has 30 heavy (non-hydrogen) atoms. The summed E-state index contributed by atoms with van der Waals surface area (Å²) in [6, 6.07) is 8.78. The van der Waals surface area contributed by atoms with E-state index in [4.69, 9.17) is 0 Å². The van der Waals surface area contributed by atoms with Gasteiger partial charge in [-0.2, -0.15) is 13.2 Å². The van der Waals surface area contributed by atoms with Crippen molar-refractivity contribution in [1.82, 2.24) is 9.80 Å². The number of hydrogen-bond donors (Lipinski definition) is 0. The van der Waals surface area contributed by atoms with Crippen LogP contribution in [0.1, 0.15) is 38.2 Å². The molecule has 8 heteroatoms. The molecule has 0 radical (unpaired) electrons. The van der Waals surface area contributed by atoms with Crippen molar-refractivity contribution < 1.29 is 22.7 Å². The minimum absolute atomic E-state index is 0.0361. The van der Waals surface area contributed by atoms with Gasteiger partial charge in [0, 0.05) is 43.8 Å². The summed E-state index contributed by atoms with van der Waals surface area (Å²) in [7, 11) is 0. The first-order chi connectivity index (χ1) is 14.2. The predicted octanol–water partition coefficient (Wildman–Crippen LogP) is 4.27. The van der Waals surface area contributed by atoms with Gasteiger partial charge in [0.15, 0.2) is 6.10 Å². The molecule has 0 aromatic heterocycles. The third kappa shape index (κ3) is 4.68. The Hall–Kier alpha value is -1.96. The van der Waals surface area contributed by atoms with Crippen LogP contribution in [-0.4, -0.2) is 67.4 Å². The molecular formula is C22H30F3N3O2. The molecule has 1 aromatic rings. The van der Waals surface area contributed by atoms with E-state index in [0.29, 0.717) is 13.1 Å². The van der Waals surface area contributed by atoms with E-state index >= 15 is 0 Å². The normalized spacial score (nSPS) is 22.8. The maximum atomic E-state index is 12.6. The monoisotopic (exact) mass is 425 g/mol. The Bertz CT molecular complexity index is 748. The maximum absolute atomic E-state index is 12.6. The highest BCUT2D eigenvalue weighted by molar-refractivity contribution is 5.69. The van der Waals surface area contributed by atoms with Crippen LogP contribution >= 0.6 is 0 Å². The number of carbonyl (C=O) groups is 1. The van der Waals surface area contributed by atoms with Crippen LogP contribution in [0.15, 0.2) is 24.3 Å². The summed E-state index contributed by atoms with van der Waals surface area (Å²) in [5.41, 5.74) is 2.66. The molecule has 1 unspecified atom stereocenters. The number of amides is 1. The van der Waals surface area contributed by atoms with Crippen molar-refractivity contribution >= 4 is 11.8 Å². The Labute approximate surface area is 175 Å². The molecule has 3 saturated heterocycles. The van der Waals surface area contributed by atoms with Gasteiger partial charge in [-0.15, -0.1) is 0 Å². The molecule has 1 amide bonds. The molecule has 4 rings (SSSR count). The highest BCUT2D eigenvalue weighted by Gasteiger charge is 2.48. The highest BCUT2D eigenvalue weighted by Crippen LogP contribution is 2.41. The first kappa shape index (κ1) is 21.3. The minimum atomic E-state index is -4.52. The van der Waals surface area contributed by atoms with E-state index < -0.39 is 18.4 Å². The van der Waals surface area contributed by atoms with Crippen LogP contribution in [0, 0.1) is 5.41 Å². The van der Waals surface area contributed by atoms with Crippen molar-refractivity contribution in [3.63, 3.8) is 0 Å². The summed E-state index contributed by atoms with van der Waals surface area (Å²) in [6.45, 7) is 6.92. The Morgan fingerprint density at radius 1 is 1.13 bits per heavy atom. The Morgan fingerprint density at radius 3 is 2.43 bits per heavy atom. The van der Waals surface area contributed by atoms with Gasteiger partial charge in [0.25, 0.3) is 0 Å². The predicted molar refractivity (Wildman–Crippen MR) is 108 cm³/mol. The fourth-order valence-electron chi connectivity index (χ4n) is 4.77. The number of hydrogen-bond acceptors (Lipinski definition) is 4. The number of likely N-dealkylation sites (tertiary alicyclic amines) is 2. The van der Waals surface area contributed by atoms with Crippen LogP contribution in [0.2, 0.25) is 0 Å². The van der Waals surface area contributed by atoms with E-state index in [1.165, 1.54) is 29.0 Å². The number of alkyl halides is 3. The third-order valence-corrected chi connectivity index (χ3v) is 6.75. The number of anilines is 1. The van der Waals surface area contributed by atoms with Gasteiger partial charge in [0.2, 0.25) is 0 Å². The van der Waals surface area contributed by atoms with E-state index in [0.717, 1.165) is 52.5 Å². The summed E-state index contributed by atoms with van der Waals surface area (Å²) < 4.78 is 42.3. The van der Waals surface area contributed by atoms with Gasteiger partial charge < -0.3 is 14.5 Å². The number of rotatable bonds is 4. The molecule has 3 fully saturated rings. The first-order valence-electron chi connectivity index (χ1n) is 10.8. The van der Waals surface area contributed by atoms with Gasteiger partial charge in [-0.1, -0.05) is 12.1 Å². The molecule has 3 aliphatic heterocycles. The summed E-state index contributed by atoms with van der Waals surface area (Å²) >= 11 is 0. The van der Waals surface area contributed by atoms with Crippen molar-refractivity contribution in [1.29, 1.82) is 0 Å². The van der Waals surface area contributed by atoms with E-state index in [2.05, 4.69) is 38.8 Å². The van der Waals surface area contributed by atoms with Gasteiger partial charge >= 0.3 is 12.3 Å². The van der Waals surface area contributed by atoms with E-state index in [1.807, 2.05) is 0 Å². The zero-order valence-electron chi connectivity index (χ0n) is 17.5. The maximum Gasteiger partial charge on any atom is 0.425 e. The second kappa shape index (κ2) is 8.29. The van der Waals surface area contributed by atoms with Gasteiger partial charge in [-0.25, -0.2) is 4.79 Å². The number of benzene rings is 1. The molecule has 0 saturated carbocycles. The topological polar surface area (TPSA) is 36.0 Å². The Kier molecular flexibility index (Phi) is 5.88. The number of ether oxygens (including phenoxy) is 1. The molecule has 0 aliphatic carbocycles. The molecular weight excluding hydrogens is 395 g/mol. The van der Waals surface area contributed by atoms with Crippen LogP contribution in [0.5, 0.6) is 0 Å². The Morgan fingerprint density at radius 2 is 1.80 bits per heavy atom. The lowest BCUT2D eigenvalue weighted by molar-refractivity contribution is -0.202. The number of piperidine rings is 1. The summed E-state index contributed by atoms with van der Waals surface area (Å²) in [6.07, 6.45) is -3.01. The molecule has 166 valence electrons.